The van der Waals surface area contributed by atoms with E-state index in [0.29, 0.717) is 18.4 Å². The highest BCUT2D eigenvalue weighted by Crippen LogP contribution is 2.39. The van der Waals surface area contributed by atoms with Crippen LogP contribution in [-0.4, -0.2) is 31.6 Å². The first-order valence-corrected chi connectivity index (χ1v) is 9.62. The molecule has 0 radical (unpaired) electrons. The van der Waals surface area contributed by atoms with Crippen molar-refractivity contribution in [2.45, 2.75) is 45.6 Å². The summed E-state index contributed by atoms with van der Waals surface area (Å²) in [6, 6.07) is 5.55. The van der Waals surface area contributed by atoms with Crippen LogP contribution in [0, 0.1) is 11.2 Å². The van der Waals surface area contributed by atoms with Crippen molar-refractivity contribution >= 4 is 17.8 Å². The molecule has 7 nitrogen and oxygen atoms in total. The van der Waals surface area contributed by atoms with Gasteiger partial charge in [-0.15, -0.1) is 0 Å². The Kier molecular flexibility index (Phi) is 7.75. The lowest BCUT2D eigenvalue weighted by atomic mass is 9.85. The largest absolute Gasteiger partial charge is 0.468 e. The Labute approximate surface area is 169 Å². The molecule has 2 N–H and O–H groups in total. The number of halogens is 1. The molecule has 0 aromatic heterocycles. The van der Waals surface area contributed by atoms with Gasteiger partial charge in [-0.3, -0.25) is 9.59 Å². The lowest BCUT2D eigenvalue weighted by Gasteiger charge is -2.26. The van der Waals surface area contributed by atoms with Crippen LogP contribution in [0.15, 0.2) is 36.2 Å². The van der Waals surface area contributed by atoms with Crippen LogP contribution in [0.5, 0.6) is 0 Å². The fourth-order valence-corrected chi connectivity index (χ4v) is 3.45. The number of rotatable bonds is 8. The smallest absolute Gasteiger partial charge is 0.334 e. The summed E-state index contributed by atoms with van der Waals surface area (Å²) in [6.45, 7) is 3.59. The van der Waals surface area contributed by atoms with Crippen molar-refractivity contribution in [2.24, 2.45) is 5.41 Å². The van der Waals surface area contributed by atoms with E-state index < -0.39 is 35.1 Å². The molecule has 1 aliphatic rings. The van der Waals surface area contributed by atoms with Gasteiger partial charge in [0.15, 0.2) is 0 Å². The minimum Gasteiger partial charge on any atom is -0.468 e. The van der Waals surface area contributed by atoms with Gasteiger partial charge < -0.3 is 20.1 Å². The molecule has 1 saturated carbocycles. The first-order valence-electron chi connectivity index (χ1n) is 9.62. The highest BCUT2D eigenvalue weighted by Gasteiger charge is 2.49. The van der Waals surface area contributed by atoms with Crippen LogP contribution in [0.2, 0.25) is 0 Å². The standard InChI is InChI=1S/C21H27FN2O5/c1-4-29-18(25)13-17(23-14(2)15-8-7-9-16(22)12-15)24-19(26)21(20(27)28-3)10-5-6-11-21/h7-9,12-14,23H,4-6,10-11H2,1-3H3,(H,24,26)/t14-/m0/s1. The van der Waals surface area contributed by atoms with E-state index in [4.69, 9.17) is 9.47 Å². The monoisotopic (exact) mass is 406 g/mol. The number of methoxy groups -OCH3 is 1. The van der Waals surface area contributed by atoms with Crippen LogP contribution in [0.25, 0.3) is 0 Å². The molecule has 8 heteroatoms. The van der Waals surface area contributed by atoms with Gasteiger partial charge in [-0.1, -0.05) is 25.0 Å². The molecule has 0 unspecified atom stereocenters. The van der Waals surface area contributed by atoms with Gasteiger partial charge in [-0.05, 0) is 44.4 Å². The zero-order valence-corrected chi connectivity index (χ0v) is 16.9. The van der Waals surface area contributed by atoms with Gasteiger partial charge in [-0.2, -0.15) is 0 Å². The molecule has 1 aromatic carbocycles. The highest BCUT2D eigenvalue weighted by molar-refractivity contribution is 6.03. The topological polar surface area (TPSA) is 93.7 Å². The molecule has 1 aliphatic carbocycles. The fourth-order valence-electron chi connectivity index (χ4n) is 3.45. The maximum absolute atomic E-state index is 13.5. The molecular formula is C21H27FN2O5. The van der Waals surface area contributed by atoms with Gasteiger partial charge in [0.25, 0.3) is 0 Å². The van der Waals surface area contributed by atoms with Crippen molar-refractivity contribution in [3.63, 3.8) is 0 Å². The van der Waals surface area contributed by atoms with E-state index in [1.54, 1.807) is 26.0 Å². The molecule has 0 spiro atoms. The summed E-state index contributed by atoms with van der Waals surface area (Å²) in [5, 5.41) is 5.62. The summed E-state index contributed by atoms with van der Waals surface area (Å²) < 4.78 is 23.3. The van der Waals surface area contributed by atoms with E-state index in [0.717, 1.165) is 18.9 Å². The summed E-state index contributed by atoms with van der Waals surface area (Å²) in [5.41, 5.74) is -0.663. The van der Waals surface area contributed by atoms with Crippen LogP contribution in [0.1, 0.15) is 51.1 Å². The summed E-state index contributed by atoms with van der Waals surface area (Å²) in [4.78, 5) is 37.2. The van der Waals surface area contributed by atoms with Gasteiger partial charge in [0.05, 0.1) is 19.8 Å². The number of hydrogen-bond donors (Lipinski definition) is 2. The maximum atomic E-state index is 13.5. The van der Waals surface area contributed by atoms with Crippen LogP contribution in [0.4, 0.5) is 4.39 Å². The average molecular weight is 406 g/mol. The maximum Gasteiger partial charge on any atom is 0.334 e. The Morgan fingerprint density at radius 1 is 1.28 bits per heavy atom. The SMILES string of the molecule is CCOC(=O)C=C(NC(=O)C1(C(=O)OC)CCCC1)N[C@@H](C)c1cccc(F)c1. The van der Waals surface area contributed by atoms with Crippen LogP contribution < -0.4 is 10.6 Å². The van der Waals surface area contributed by atoms with Gasteiger partial charge in [0.1, 0.15) is 17.1 Å². The molecular weight excluding hydrogens is 379 g/mol. The average Bonchev–Trinajstić information content (AvgIpc) is 3.18. The molecule has 1 atom stereocenters. The Morgan fingerprint density at radius 2 is 1.97 bits per heavy atom. The molecule has 0 heterocycles. The Balaban J connectivity index is 2.25. The van der Waals surface area contributed by atoms with Gasteiger partial charge in [0.2, 0.25) is 5.91 Å². The second-order valence-corrected chi connectivity index (χ2v) is 6.97. The van der Waals surface area contributed by atoms with E-state index >= 15 is 0 Å². The van der Waals surface area contributed by atoms with Crippen molar-refractivity contribution in [2.75, 3.05) is 13.7 Å². The fraction of sp³-hybridized carbons (Fsp3) is 0.476. The molecule has 1 amide bonds. The second kappa shape index (κ2) is 10.0. The number of nitrogens with one attached hydrogen (secondary N) is 2. The Morgan fingerprint density at radius 3 is 2.55 bits per heavy atom. The summed E-state index contributed by atoms with van der Waals surface area (Å²) in [6.07, 6.45) is 3.31. The van der Waals surface area contributed by atoms with Gasteiger partial charge in [-0.25, -0.2) is 9.18 Å². The van der Waals surface area contributed by atoms with E-state index in [1.165, 1.54) is 19.2 Å². The first-order chi connectivity index (χ1) is 13.8. The summed E-state index contributed by atoms with van der Waals surface area (Å²) >= 11 is 0. The van der Waals surface area contributed by atoms with E-state index in [-0.39, 0.29) is 12.4 Å². The van der Waals surface area contributed by atoms with E-state index in [9.17, 15) is 18.8 Å². The number of benzene rings is 1. The lowest BCUT2D eigenvalue weighted by molar-refractivity contribution is -0.158. The molecule has 1 aromatic rings. The normalized spacial score (nSPS) is 16.6. The molecule has 0 bridgehead atoms. The third-order valence-corrected chi connectivity index (χ3v) is 4.99. The number of carbonyl (C=O) groups is 3. The van der Waals surface area contributed by atoms with Crippen molar-refractivity contribution in [1.82, 2.24) is 10.6 Å². The first kappa shape index (κ1) is 22.4. The molecule has 29 heavy (non-hydrogen) atoms. The van der Waals surface area contributed by atoms with Crippen molar-refractivity contribution < 1.29 is 28.2 Å². The van der Waals surface area contributed by atoms with Crippen molar-refractivity contribution in [3.05, 3.63) is 47.5 Å². The number of esters is 2. The highest BCUT2D eigenvalue weighted by atomic mass is 19.1. The lowest BCUT2D eigenvalue weighted by Crippen LogP contribution is -2.47. The predicted octanol–water partition coefficient (Wildman–Crippen LogP) is 2.73. The molecule has 158 valence electrons. The Hall–Kier alpha value is -2.90. The quantitative estimate of drug-likeness (QED) is 0.392. The molecule has 1 fully saturated rings. The van der Waals surface area contributed by atoms with Gasteiger partial charge >= 0.3 is 11.9 Å². The zero-order chi connectivity index (χ0) is 21.4. The third kappa shape index (κ3) is 5.56. The summed E-state index contributed by atoms with van der Waals surface area (Å²) in [7, 11) is 1.25. The van der Waals surface area contributed by atoms with E-state index in [1.807, 2.05) is 0 Å². The minimum absolute atomic E-state index is 0.0698. The predicted molar refractivity (Wildman–Crippen MR) is 104 cm³/mol. The van der Waals surface area contributed by atoms with Crippen LogP contribution in [0.3, 0.4) is 0 Å². The van der Waals surface area contributed by atoms with E-state index in [2.05, 4.69) is 10.6 Å². The van der Waals surface area contributed by atoms with Gasteiger partial charge in [0, 0.05) is 6.04 Å². The van der Waals surface area contributed by atoms with Crippen molar-refractivity contribution in [1.29, 1.82) is 0 Å². The molecule has 0 saturated heterocycles. The minimum atomic E-state index is -1.29. The zero-order valence-electron chi connectivity index (χ0n) is 16.9. The number of amides is 1. The second-order valence-electron chi connectivity index (χ2n) is 6.97. The summed E-state index contributed by atoms with van der Waals surface area (Å²) in [5.74, 6) is -2.12. The number of ether oxygens (including phenoxy) is 2. The Bertz CT molecular complexity index is 787. The van der Waals surface area contributed by atoms with Crippen LogP contribution in [-0.2, 0) is 23.9 Å². The number of carbonyl (C=O) groups excluding carboxylic acids is 3. The van der Waals surface area contributed by atoms with Crippen molar-refractivity contribution in [3.8, 4) is 0 Å². The number of hydrogen-bond acceptors (Lipinski definition) is 6. The molecule has 2 rings (SSSR count). The third-order valence-electron chi connectivity index (χ3n) is 4.99. The van der Waals surface area contributed by atoms with Crippen LogP contribution >= 0.6 is 0 Å². The molecule has 0 aliphatic heterocycles.